The molecule has 0 bridgehead atoms. The van der Waals surface area contributed by atoms with Crippen molar-refractivity contribution in [2.75, 3.05) is 7.11 Å². The molecular formula is C16H13ClO3. The summed E-state index contributed by atoms with van der Waals surface area (Å²) in [5.41, 5.74) is 1.56. The zero-order valence-electron chi connectivity index (χ0n) is 10.9. The zero-order chi connectivity index (χ0) is 14.1. The number of carbonyl (C=O) groups is 1. The van der Waals surface area contributed by atoms with Crippen LogP contribution in [0.5, 0.6) is 11.5 Å². The maximum Gasteiger partial charge on any atom is 0.207 e. The van der Waals surface area contributed by atoms with Gasteiger partial charge in [-0.2, -0.15) is 0 Å². The number of halogens is 1. The third-order valence-corrected chi connectivity index (χ3v) is 3.56. The van der Waals surface area contributed by atoms with Crippen LogP contribution in [0.3, 0.4) is 0 Å². The third kappa shape index (κ3) is 2.37. The van der Waals surface area contributed by atoms with Crippen molar-refractivity contribution >= 4 is 17.4 Å². The average Bonchev–Trinajstić information content (AvgIpc) is 2.75. The fourth-order valence-corrected chi connectivity index (χ4v) is 2.54. The van der Waals surface area contributed by atoms with Crippen molar-refractivity contribution in [1.29, 1.82) is 0 Å². The van der Waals surface area contributed by atoms with Crippen LogP contribution >= 0.6 is 11.6 Å². The summed E-state index contributed by atoms with van der Waals surface area (Å²) >= 11 is 5.95. The van der Waals surface area contributed by atoms with E-state index in [1.54, 1.807) is 25.3 Å². The van der Waals surface area contributed by atoms with Gasteiger partial charge in [-0.15, -0.1) is 0 Å². The van der Waals surface area contributed by atoms with E-state index < -0.39 is 6.10 Å². The summed E-state index contributed by atoms with van der Waals surface area (Å²) in [5.74, 6) is 1.26. The lowest BCUT2D eigenvalue weighted by Gasteiger charge is -2.09. The van der Waals surface area contributed by atoms with Crippen molar-refractivity contribution in [2.24, 2.45) is 0 Å². The predicted octanol–water partition coefficient (Wildman–Crippen LogP) is 3.54. The molecule has 1 aliphatic heterocycles. The van der Waals surface area contributed by atoms with E-state index in [0.717, 1.165) is 5.56 Å². The molecule has 1 aliphatic rings. The van der Waals surface area contributed by atoms with Crippen molar-refractivity contribution in [2.45, 2.75) is 12.5 Å². The van der Waals surface area contributed by atoms with E-state index in [1.165, 1.54) is 0 Å². The van der Waals surface area contributed by atoms with Crippen LogP contribution < -0.4 is 9.47 Å². The molecule has 0 saturated heterocycles. The molecule has 2 aromatic carbocycles. The molecule has 1 unspecified atom stereocenters. The van der Waals surface area contributed by atoms with Crippen molar-refractivity contribution in [3.8, 4) is 11.5 Å². The molecule has 0 N–H and O–H groups in total. The second-order valence-electron chi connectivity index (χ2n) is 4.67. The summed E-state index contributed by atoms with van der Waals surface area (Å²) in [6.07, 6.45) is 0.0201. The van der Waals surface area contributed by atoms with E-state index in [0.29, 0.717) is 28.5 Å². The summed E-state index contributed by atoms with van der Waals surface area (Å²) in [6, 6.07) is 12.7. The normalized spacial score (nSPS) is 16.7. The first-order valence-electron chi connectivity index (χ1n) is 6.31. The number of benzene rings is 2. The molecule has 0 radical (unpaired) electrons. The second kappa shape index (κ2) is 5.17. The molecule has 3 nitrogen and oxygen atoms in total. The highest BCUT2D eigenvalue weighted by atomic mass is 35.5. The molecule has 1 atom stereocenters. The maximum absolute atomic E-state index is 12.3. The number of methoxy groups -OCH3 is 1. The molecule has 2 aromatic rings. The van der Waals surface area contributed by atoms with Crippen LogP contribution in [-0.2, 0) is 6.42 Å². The van der Waals surface area contributed by atoms with Gasteiger partial charge >= 0.3 is 0 Å². The number of ketones is 1. The maximum atomic E-state index is 12.3. The molecule has 1 heterocycles. The predicted molar refractivity (Wildman–Crippen MR) is 76.9 cm³/mol. The first kappa shape index (κ1) is 13.0. The molecular weight excluding hydrogens is 276 g/mol. The Kier molecular flexibility index (Phi) is 3.36. The Balaban J connectivity index is 1.83. The highest BCUT2D eigenvalue weighted by Crippen LogP contribution is 2.33. The van der Waals surface area contributed by atoms with Crippen molar-refractivity contribution < 1.29 is 14.3 Å². The van der Waals surface area contributed by atoms with Crippen molar-refractivity contribution in [1.82, 2.24) is 0 Å². The Labute approximate surface area is 122 Å². The minimum Gasteiger partial charge on any atom is -0.497 e. The number of hydrogen-bond donors (Lipinski definition) is 0. The van der Waals surface area contributed by atoms with Gasteiger partial charge in [0.15, 0.2) is 6.10 Å². The first-order valence-corrected chi connectivity index (χ1v) is 6.68. The fraction of sp³-hybridized carbons (Fsp3) is 0.188. The third-order valence-electron chi connectivity index (χ3n) is 3.32. The number of rotatable bonds is 3. The van der Waals surface area contributed by atoms with Gasteiger partial charge in [-0.1, -0.05) is 23.7 Å². The largest absolute Gasteiger partial charge is 0.497 e. The highest BCUT2D eigenvalue weighted by Gasteiger charge is 2.32. The number of fused-ring (bicyclic) bond motifs is 1. The Hall–Kier alpha value is -2.00. The van der Waals surface area contributed by atoms with Gasteiger partial charge < -0.3 is 9.47 Å². The SMILES string of the molecule is COc1ccc2c(c1)C(=O)C(Cc1cccc(Cl)c1)O2. The standard InChI is InChI=1S/C16H13ClO3/c1-19-12-5-6-14-13(9-12)16(18)15(20-14)8-10-3-2-4-11(17)7-10/h2-7,9,15H,8H2,1H3. The summed E-state index contributed by atoms with van der Waals surface area (Å²) in [6.45, 7) is 0. The van der Waals surface area contributed by atoms with E-state index >= 15 is 0 Å². The van der Waals surface area contributed by atoms with Crippen LogP contribution in [0.4, 0.5) is 0 Å². The van der Waals surface area contributed by atoms with Crippen LogP contribution in [0.1, 0.15) is 15.9 Å². The van der Waals surface area contributed by atoms with Gasteiger partial charge in [0.1, 0.15) is 11.5 Å². The Morgan fingerprint density at radius 3 is 2.85 bits per heavy atom. The number of carbonyl (C=O) groups excluding carboxylic acids is 1. The molecule has 0 aromatic heterocycles. The number of hydrogen-bond acceptors (Lipinski definition) is 3. The molecule has 0 saturated carbocycles. The van der Waals surface area contributed by atoms with Crippen LogP contribution in [0.2, 0.25) is 5.02 Å². The summed E-state index contributed by atoms with van der Waals surface area (Å²) < 4.78 is 10.8. The van der Waals surface area contributed by atoms with Gasteiger partial charge in [-0.3, -0.25) is 4.79 Å². The molecule has 3 rings (SSSR count). The minimum absolute atomic E-state index is 0.0149. The van der Waals surface area contributed by atoms with Gasteiger partial charge in [-0.25, -0.2) is 0 Å². The van der Waals surface area contributed by atoms with E-state index in [2.05, 4.69) is 0 Å². The van der Waals surface area contributed by atoms with Gasteiger partial charge in [-0.05, 0) is 35.9 Å². The lowest BCUT2D eigenvalue weighted by Crippen LogP contribution is -2.23. The van der Waals surface area contributed by atoms with Crippen LogP contribution in [0.15, 0.2) is 42.5 Å². The first-order chi connectivity index (χ1) is 9.67. The Bertz CT molecular complexity index is 667. The van der Waals surface area contributed by atoms with Crippen LogP contribution in [0.25, 0.3) is 0 Å². The molecule has 20 heavy (non-hydrogen) atoms. The Morgan fingerprint density at radius 1 is 1.25 bits per heavy atom. The number of ether oxygens (including phenoxy) is 2. The van der Waals surface area contributed by atoms with E-state index in [4.69, 9.17) is 21.1 Å². The fourth-order valence-electron chi connectivity index (χ4n) is 2.32. The topological polar surface area (TPSA) is 35.5 Å². The van der Waals surface area contributed by atoms with Crippen molar-refractivity contribution in [3.63, 3.8) is 0 Å². The molecule has 4 heteroatoms. The van der Waals surface area contributed by atoms with Crippen molar-refractivity contribution in [3.05, 3.63) is 58.6 Å². The van der Waals surface area contributed by atoms with E-state index in [-0.39, 0.29) is 5.78 Å². The lowest BCUT2D eigenvalue weighted by molar-refractivity contribution is 0.0857. The highest BCUT2D eigenvalue weighted by molar-refractivity contribution is 6.30. The average molecular weight is 289 g/mol. The van der Waals surface area contributed by atoms with E-state index in [9.17, 15) is 4.79 Å². The van der Waals surface area contributed by atoms with Crippen LogP contribution in [-0.4, -0.2) is 19.0 Å². The zero-order valence-corrected chi connectivity index (χ0v) is 11.7. The van der Waals surface area contributed by atoms with Gasteiger partial charge in [0.25, 0.3) is 0 Å². The molecule has 0 amide bonds. The lowest BCUT2D eigenvalue weighted by atomic mass is 10.0. The van der Waals surface area contributed by atoms with Gasteiger partial charge in [0.2, 0.25) is 5.78 Å². The summed E-state index contributed by atoms with van der Waals surface area (Å²) in [5, 5.41) is 0.659. The molecule has 102 valence electrons. The molecule has 0 aliphatic carbocycles. The quantitative estimate of drug-likeness (QED) is 0.867. The molecule has 0 spiro atoms. The number of Topliss-reactive ketones (excluding diaryl/α,β-unsaturated/α-hetero) is 1. The Morgan fingerprint density at radius 2 is 2.10 bits per heavy atom. The molecule has 0 fully saturated rings. The van der Waals surface area contributed by atoms with E-state index in [1.807, 2.05) is 24.3 Å². The van der Waals surface area contributed by atoms with Gasteiger partial charge in [0.05, 0.1) is 12.7 Å². The minimum atomic E-state index is -0.490. The smallest absolute Gasteiger partial charge is 0.207 e. The monoisotopic (exact) mass is 288 g/mol. The summed E-state index contributed by atoms with van der Waals surface area (Å²) in [4.78, 5) is 12.3. The summed E-state index contributed by atoms with van der Waals surface area (Å²) in [7, 11) is 1.57. The second-order valence-corrected chi connectivity index (χ2v) is 5.10. The van der Waals surface area contributed by atoms with Crippen LogP contribution in [0, 0.1) is 0 Å². The van der Waals surface area contributed by atoms with Gasteiger partial charge in [0, 0.05) is 11.4 Å².